The van der Waals surface area contributed by atoms with E-state index < -0.39 is 0 Å². The second-order valence-corrected chi connectivity index (χ2v) is 2.53. The minimum atomic E-state index is 0. The zero-order valence-electron chi connectivity index (χ0n) is 8.70. The highest BCUT2D eigenvalue weighted by molar-refractivity contribution is 4.51. The number of rotatable bonds is 5. The van der Waals surface area contributed by atoms with Crippen LogP contribution < -0.4 is 36.3 Å². The summed E-state index contributed by atoms with van der Waals surface area (Å²) in [5.74, 6) is 0. The average Bonchev–Trinajstić information content (AvgIpc) is 2.00. The predicted molar refractivity (Wildman–Crippen MR) is 49.8 cm³/mol. The lowest BCUT2D eigenvalue weighted by Crippen LogP contribution is -3.00. The van der Waals surface area contributed by atoms with Crippen molar-refractivity contribution in [1.29, 1.82) is 0 Å². The predicted octanol–water partition coefficient (Wildman–Crippen LogP) is -5.77. The van der Waals surface area contributed by atoms with Crippen molar-refractivity contribution in [2.24, 2.45) is 0 Å². The molecule has 0 aromatic rings. The van der Waals surface area contributed by atoms with E-state index in [1.807, 2.05) is 6.92 Å². The highest BCUT2D eigenvalue weighted by Crippen LogP contribution is 1.94. The highest BCUT2D eigenvalue weighted by atomic mass is 35.5. The highest BCUT2D eigenvalue weighted by Gasteiger charge is 1.86. The monoisotopic (exact) mass is 230 g/mol. The summed E-state index contributed by atoms with van der Waals surface area (Å²) in [4.78, 5) is 0. The van der Waals surface area contributed by atoms with Crippen molar-refractivity contribution >= 4 is 0 Å². The molecule has 4 heteroatoms. The molecule has 0 amide bonds. The van der Waals surface area contributed by atoms with Gasteiger partial charge in [0.25, 0.3) is 0 Å². The van der Waals surface area contributed by atoms with Crippen LogP contribution in [0.5, 0.6) is 0 Å². The lowest BCUT2D eigenvalue weighted by Gasteiger charge is -1.91. The maximum atomic E-state index is 3.77. The summed E-state index contributed by atoms with van der Waals surface area (Å²) < 4.78 is 0. The van der Waals surface area contributed by atoms with Gasteiger partial charge in [0.1, 0.15) is 0 Å². The van der Waals surface area contributed by atoms with Gasteiger partial charge in [0, 0.05) is 0 Å². The fourth-order valence-corrected chi connectivity index (χ4v) is 0.707. The molecule has 0 radical (unpaired) electrons. The standard InChI is InChI=1S/C6H16N2.C3H6.2ClH/c7-5-3-1-2-4-6-8;1-3-2;;/h1-8H2;3H,1H2,2H3;2*1H. The molecule has 0 unspecified atom stereocenters. The van der Waals surface area contributed by atoms with E-state index in [0.717, 1.165) is 13.1 Å². The molecule has 0 rings (SSSR count). The third kappa shape index (κ3) is 46.7. The van der Waals surface area contributed by atoms with Crippen LogP contribution in [-0.2, 0) is 0 Å². The molecule has 0 bridgehead atoms. The Labute approximate surface area is 95.0 Å². The molecule has 0 fully saturated rings. The Morgan fingerprint density at radius 1 is 0.923 bits per heavy atom. The first-order valence-electron chi connectivity index (χ1n) is 4.49. The quantitative estimate of drug-likeness (QED) is 0.350. The third-order valence-electron chi connectivity index (χ3n) is 1.25. The van der Waals surface area contributed by atoms with E-state index in [1.54, 1.807) is 6.08 Å². The van der Waals surface area contributed by atoms with E-state index in [4.69, 9.17) is 0 Å². The van der Waals surface area contributed by atoms with E-state index in [2.05, 4.69) is 18.0 Å². The van der Waals surface area contributed by atoms with E-state index in [-0.39, 0.29) is 24.8 Å². The molecule has 0 spiro atoms. The van der Waals surface area contributed by atoms with Crippen molar-refractivity contribution < 1.29 is 36.3 Å². The molecule has 13 heavy (non-hydrogen) atoms. The van der Waals surface area contributed by atoms with Crippen LogP contribution in [0.3, 0.4) is 0 Å². The Morgan fingerprint density at radius 3 is 1.31 bits per heavy atom. The number of allylic oxidation sites excluding steroid dienone is 1. The molecular formula is C9H24Cl2N2. The summed E-state index contributed by atoms with van der Waals surface area (Å²) in [7, 11) is 0. The first-order chi connectivity index (χ1) is 5.33. The summed E-state index contributed by atoms with van der Waals surface area (Å²) in [6.45, 7) is 7.44. The lowest BCUT2D eigenvalue weighted by atomic mass is 10.2. The lowest BCUT2D eigenvalue weighted by molar-refractivity contribution is -0.371. The molecule has 0 heterocycles. The number of unbranched alkanes of at least 4 members (excludes halogenated alkanes) is 3. The van der Waals surface area contributed by atoms with Gasteiger partial charge >= 0.3 is 0 Å². The maximum Gasteiger partial charge on any atom is 0.0739 e. The van der Waals surface area contributed by atoms with E-state index in [9.17, 15) is 0 Å². The summed E-state index contributed by atoms with van der Waals surface area (Å²) in [6, 6.07) is 0. The fraction of sp³-hybridized carbons (Fsp3) is 0.778. The Morgan fingerprint density at radius 2 is 1.15 bits per heavy atom. The minimum Gasteiger partial charge on any atom is -1.00 e. The molecule has 6 N–H and O–H groups in total. The minimum absolute atomic E-state index is 0. The smallest absolute Gasteiger partial charge is 0.0739 e. The Hall–Kier alpha value is 0.240. The van der Waals surface area contributed by atoms with Gasteiger partial charge in [-0.05, 0) is 32.6 Å². The molecule has 0 atom stereocenters. The number of quaternary nitrogens is 2. The van der Waals surface area contributed by atoms with Gasteiger partial charge in [-0.2, -0.15) is 0 Å². The normalized spacial score (nSPS) is 7.00. The topological polar surface area (TPSA) is 55.3 Å². The Kier molecular flexibility index (Phi) is 52.7. The van der Waals surface area contributed by atoms with Crippen molar-refractivity contribution in [3.05, 3.63) is 12.7 Å². The molecule has 0 aliphatic rings. The molecule has 0 saturated heterocycles. The SMILES string of the molecule is C=CC.[Cl-].[Cl-].[NH3+]CCCCCC[NH3+]. The third-order valence-corrected chi connectivity index (χ3v) is 1.25. The van der Waals surface area contributed by atoms with Crippen LogP contribution in [0.4, 0.5) is 0 Å². The molecular weight excluding hydrogens is 207 g/mol. The van der Waals surface area contributed by atoms with E-state index in [0.29, 0.717) is 0 Å². The van der Waals surface area contributed by atoms with Crippen molar-refractivity contribution in [1.82, 2.24) is 0 Å². The summed E-state index contributed by atoms with van der Waals surface area (Å²) >= 11 is 0. The van der Waals surface area contributed by atoms with Crippen molar-refractivity contribution in [2.75, 3.05) is 13.1 Å². The summed E-state index contributed by atoms with van der Waals surface area (Å²) in [5.41, 5.74) is 7.54. The number of hydrogen-bond acceptors (Lipinski definition) is 0. The van der Waals surface area contributed by atoms with Gasteiger partial charge in [-0.15, -0.1) is 6.58 Å². The Bertz CT molecular complexity index is 64.6. The van der Waals surface area contributed by atoms with Crippen molar-refractivity contribution in [3.8, 4) is 0 Å². The maximum absolute atomic E-state index is 3.77. The van der Waals surface area contributed by atoms with Gasteiger partial charge < -0.3 is 36.3 Å². The van der Waals surface area contributed by atoms with Crippen LogP contribution in [0.1, 0.15) is 32.6 Å². The number of hydrogen-bond donors (Lipinski definition) is 2. The first kappa shape index (κ1) is 23.2. The van der Waals surface area contributed by atoms with E-state index in [1.165, 1.54) is 25.7 Å². The first-order valence-corrected chi connectivity index (χ1v) is 4.49. The second kappa shape index (κ2) is 29.5. The van der Waals surface area contributed by atoms with Gasteiger partial charge in [0.15, 0.2) is 0 Å². The molecule has 0 aromatic heterocycles. The molecule has 2 nitrogen and oxygen atoms in total. The van der Waals surface area contributed by atoms with Crippen LogP contribution in [-0.4, -0.2) is 13.1 Å². The van der Waals surface area contributed by atoms with Crippen LogP contribution in [0, 0.1) is 0 Å². The Balaban J connectivity index is -0.0000000720. The van der Waals surface area contributed by atoms with Crippen LogP contribution in [0.15, 0.2) is 12.7 Å². The molecule has 84 valence electrons. The number of halogens is 2. The second-order valence-electron chi connectivity index (χ2n) is 2.53. The molecule has 0 aromatic carbocycles. The zero-order chi connectivity index (χ0) is 8.95. The summed E-state index contributed by atoms with van der Waals surface area (Å²) in [6.07, 6.45) is 7.03. The molecule has 0 saturated carbocycles. The van der Waals surface area contributed by atoms with Gasteiger partial charge in [-0.1, -0.05) is 6.08 Å². The molecule has 0 aliphatic heterocycles. The van der Waals surface area contributed by atoms with Crippen molar-refractivity contribution in [3.63, 3.8) is 0 Å². The fourth-order valence-electron chi connectivity index (χ4n) is 0.707. The van der Waals surface area contributed by atoms with Gasteiger partial charge in [-0.3, -0.25) is 0 Å². The summed E-state index contributed by atoms with van der Waals surface area (Å²) in [5, 5.41) is 0. The van der Waals surface area contributed by atoms with Crippen LogP contribution in [0.25, 0.3) is 0 Å². The average molecular weight is 231 g/mol. The zero-order valence-corrected chi connectivity index (χ0v) is 10.2. The van der Waals surface area contributed by atoms with E-state index >= 15 is 0 Å². The molecule has 0 aliphatic carbocycles. The van der Waals surface area contributed by atoms with Gasteiger partial charge in [0.05, 0.1) is 13.1 Å². The van der Waals surface area contributed by atoms with Crippen LogP contribution in [0.2, 0.25) is 0 Å². The van der Waals surface area contributed by atoms with Crippen molar-refractivity contribution in [2.45, 2.75) is 32.6 Å². The largest absolute Gasteiger partial charge is 1.00 e. The van der Waals surface area contributed by atoms with Gasteiger partial charge in [0.2, 0.25) is 0 Å². The van der Waals surface area contributed by atoms with Crippen LogP contribution >= 0.6 is 0 Å². The van der Waals surface area contributed by atoms with Gasteiger partial charge in [-0.25, -0.2) is 0 Å².